The minimum absolute atomic E-state index is 0.0576. The van der Waals surface area contributed by atoms with Gasteiger partial charge in [0.05, 0.1) is 16.7 Å². The van der Waals surface area contributed by atoms with E-state index < -0.39 is 23.8 Å². The highest BCUT2D eigenvalue weighted by Gasteiger charge is 2.53. The fourth-order valence-electron chi connectivity index (χ4n) is 8.99. The lowest BCUT2D eigenvalue weighted by Crippen LogP contribution is -2.63. The summed E-state index contributed by atoms with van der Waals surface area (Å²) in [5.41, 5.74) is 2.30. The molecule has 1 saturated carbocycles. The number of piperazine rings is 2. The molecule has 1 atom stereocenters. The predicted molar refractivity (Wildman–Crippen MR) is 188 cm³/mol. The molecule has 5 amide bonds. The Morgan fingerprint density at radius 3 is 2.02 bits per heavy atom. The number of imide groups is 2. The topological polar surface area (TPSA) is 138 Å². The molecular weight excluding hydrogens is 636 g/mol. The van der Waals surface area contributed by atoms with Crippen molar-refractivity contribution in [2.75, 3.05) is 75.2 Å². The van der Waals surface area contributed by atoms with E-state index >= 15 is 0 Å². The highest BCUT2D eigenvalue weighted by Crippen LogP contribution is 2.53. The van der Waals surface area contributed by atoms with Crippen molar-refractivity contribution in [3.63, 3.8) is 0 Å². The number of carbonyl (C=O) groups is 5. The normalized spacial score (nSPS) is 24.2. The summed E-state index contributed by atoms with van der Waals surface area (Å²) in [5, 5.41) is 5.49. The molecule has 0 bridgehead atoms. The molecule has 1 unspecified atom stereocenters. The first-order valence-corrected chi connectivity index (χ1v) is 17.9. The van der Waals surface area contributed by atoms with Crippen LogP contribution in [-0.4, -0.2) is 127 Å². The average Bonchev–Trinajstić information content (AvgIpc) is 3.34. The number of anilines is 2. The fourth-order valence-corrected chi connectivity index (χ4v) is 8.99. The maximum atomic E-state index is 13.3. The Bertz CT molecular complexity index is 1680. The number of nitrogens with one attached hydrogen (secondary N) is 2. The second kappa shape index (κ2) is 13.1. The first-order chi connectivity index (χ1) is 23.8. The van der Waals surface area contributed by atoms with Crippen LogP contribution in [0.25, 0.3) is 0 Å². The van der Waals surface area contributed by atoms with Gasteiger partial charge in [-0.25, -0.2) is 4.98 Å². The summed E-state index contributed by atoms with van der Waals surface area (Å²) in [7, 11) is 0. The number of carbonyl (C=O) groups excluding carboxylic acids is 5. The minimum atomic E-state index is -0.963. The summed E-state index contributed by atoms with van der Waals surface area (Å²) >= 11 is 0. The van der Waals surface area contributed by atoms with Crippen molar-refractivity contribution < 1.29 is 24.0 Å². The van der Waals surface area contributed by atoms with Gasteiger partial charge in [-0.2, -0.15) is 0 Å². The summed E-state index contributed by atoms with van der Waals surface area (Å²) in [5.74, 6) is -1.10. The number of amides is 5. The second-order valence-corrected chi connectivity index (χ2v) is 15.8. The van der Waals surface area contributed by atoms with Gasteiger partial charge in [0.2, 0.25) is 11.8 Å². The van der Waals surface area contributed by atoms with Gasteiger partial charge in [-0.05, 0) is 54.0 Å². The number of benzene rings is 1. The summed E-state index contributed by atoms with van der Waals surface area (Å²) in [6.07, 6.45) is 3.03. The van der Waals surface area contributed by atoms with E-state index in [1.165, 1.54) is 0 Å². The van der Waals surface area contributed by atoms with E-state index in [1.54, 1.807) is 18.3 Å². The van der Waals surface area contributed by atoms with Crippen LogP contribution in [0.15, 0.2) is 36.5 Å². The van der Waals surface area contributed by atoms with Crippen molar-refractivity contribution in [3.8, 4) is 0 Å². The maximum Gasteiger partial charge on any atom is 0.262 e. The molecule has 7 rings (SSSR count). The molecular formula is C37H48N8O5. The number of hydrogen-bond donors (Lipinski definition) is 2. The van der Waals surface area contributed by atoms with E-state index in [2.05, 4.69) is 62.9 Å². The van der Waals surface area contributed by atoms with Crippen molar-refractivity contribution in [1.82, 2.24) is 30.3 Å². The summed E-state index contributed by atoms with van der Waals surface area (Å²) in [6, 6.07) is 8.36. The highest BCUT2D eigenvalue weighted by atomic mass is 16.2. The number of hydrogen-bond acceptors (Lipinski definition) is 10. The molecule has 13 heteroatoms. The van der Waals surface area contributed by atoms with Gasteiger partial charge in [0, 0.05) is 89.8 Å². The molecule has 4 aliphatic heterocycles. The zero-order valence-corrected chi connectivity index (χ0v) is 29.5. The number of aromatic nitrogens is 1. The molecule has 1 aromatic carbocycles. The van der Waals surface area contributed by atoms with Crippen molar-refractivity contribution in [2.24, 2.45) is 10.8 Å². The van der Waals surface area contributed by atoms with E-state index in [0.29, 0.717) is 16.7 Å². The molecule has 4 fully saturated rings. The van der Waals surface area contributed by atoms with Crippen LogP contribution in [0.3, 0.4) is 0 Å². The molecule has 266 valence electrons. The first kappa shape index (κ1) is 34.1. The number of fused-ring (bicyclic) bond motifs is 1. The standard InChI is InChI=1S/C37H48N8O5/c1-36(2)23-37(3,4)35(36)40-31(47)24-5-9-29(38-22-24)44-19-15-42(16-20-44)12-11-41-13-17-43(18-14-41)25-6-7-26-27(21-25)34(50)45(33(26)49)28-8-10-30(46)39-32(28)48/h5-7,9,21-22,28,35H,8,10-20,23H2,1-4H3,(H,40,47)(H,39,46,48). The van der Waals surface area contributed by atoms with Gasteiger partial charge in [0.1, 0.15) is 11.9 Å². The monoisotopic (exact) mass is 684 g/mol. The number of rotatable bonds is 8. The van der Waals surface area contributed by atoms with Crippen molar-refractivity contribution >= 4 is 41.0 Å². The van der Waals surface area contributed by atoms with Gasteiger partial charge in [0.25, 0.3) is 17.7 Å². The summed E-state index contributed by atoms with van der Waals surface area (Å²) in [6.45, 7) is 17.9. The molecule has 50 heavy (non-hydrogen) atoms. The third-order valence-electron chi connectivity index (χ3n) is 11.3. The smallest absolute Gasteiger partial charge is 0.262 e. The molecule has 2 N–H and O–H groups in total. The van der Waals surface area contributed by atoms with E-state index in [4.69, 9.17) is 0 Å². The highest BCUT2D eigenvalue weighted by molar-refractivity contribution is 6.23. The molecule has 3 saturated heterocycles. The van der Waals surface area contributed by atoms with Crippen LogP contribution >= 0.6 is 0 Å². The molecule has 5 aliphatic rings. The molecule has 0 spiro atoms. The van der Waals surface area contributed by atoms with Crippen molar-refractivity contribution in [2.45, 2.75) is 59.0 Å². The van der Waals surface area contributed by atoms with Gasteiger partial charge < -0.3 is 15.1 Å². The quantitative estimate of drug-likeness (QED) is 0.397. The van der Waals surface area contributed by atoms with Crippen LogP contribution in [-0.2, 0) is 9.59 Å². The number of piperidine rings is 1. The average molecular weight is 685 g/mol. The van der Waals surface area contributed by atoms with Gasteiger partial charge in [-0.1, -0.05) is 27.7 Å². The lowest BCUT2D eigenvalue weighted by molar-refractivity contribution is -0.136. The third-order valence-corrected chi connectivity index (χ3v) is 11.3. The minimum Gasteiger partial charge on any atom is -0.369 e. The third kappa shape index (κ3) is 6.48. The molecule has 0 radical (unpaired) electrons. The second-order valence-electron chi connectivity index (χ2n) is 15.8. The van der Waals surface area contributed by atoms with Crippen molar-refractivity contribution in [3.05, 3.63) is 53.2 Å². The van der Waals surface area contributed by atoms with Gasteiger partial charge in [0.15, 0.2) is 0 Å². The van der Waals surface area contributed by atoms with Gasteiger partial charge in [-0.15, -0.1) is 0 Å². The summed E-state index contributed by atoms with van der Waals surface area (Å²) < 4.78 is 0. The fraction of sp³-hybridized carbons (Fsp3) is 0.568. The van der Waals surface area contributed by atoms with Gasteiger partial charge >= 0.3 is 0 Å². The summed E-state index contributed by atoms with van der Waals surface area (Å²) in [4.78, 5) is 78.4. The lowest BCUT2D eigenvalue weighted by atomic mass is 9.52. The molecule has 2 aromatic rings. The largest absolute Gasteiger partial charge is 0.369 e. The van der Waals surface area contributed by atoms with E-state index in [0.717, 1.165) is 88.3 Å². The van der Waals surface area contributed by atoms with Crippen LogP contribution in [0.2, 0.25) is 0 Å². The predicted octanol–water partition coefficient (Wildman–Crippen LogP) is 1.98. The zero-order valence-electron chi connectivity index (χ0n) is 29.5. The number of nitrogens with zero attached hydrogens (tertiary/aromatic N) is 6. The Balaban J connectivity index is 0.848. The first-order valence-electron chi connectivity index (χ1n) is 17.9. The van der Waals surface area contributed by atoms with Crippen molar-refractivity contribution in [1.29, 1.82) is 0 Å². The number of pyridine rings is 1. The van der Waals surface area contributed by atoms with Gasteiger partial charge in [-0.3, -0.25) is 44.0 Å². The molecule has 1 aromatic heterocycles. The Morgan fingerprint density at radius 1 is 0.820 bits per heavy atom. The lowest BCUT2D eigenvalue weighted by Gasteiger charge is -2.57. The SMILES string of the molecule is CC1(C)CC(C)(C)C1NC(=O)c1ccc(N2CCN(CCN3CCN(c4ccc5c(c4)C(=O)N(C4CCC(=O)NC4=O)C5=O)CC3)CC2)nc1. The van der Waals surface area contributed by atoms with Crippen LogP contribution in [0.1, 0.15) is 78.0 Å². The van der Waals surface area contributed by atoms with Crippen LogP contribution in [0.4, 0.5) is 11.5 Å². The Labute approximate surface area is 293 Å². The van der Waals surface area contributed by atoms with E-state index in [9.17, 15) is 24.0 Å². The van der Waals surface area contributed by atoms with Crippen LogP contribution in [0.5, 0.6) is 0 Å². The zero-order chi connectivity index (χ0) is 35.4. The Hall–Kier alpha value is -4.36. The molecule has 1 aliphatic carbocycles. The van der Waals surface area contributed by atoms with Crippen LogP contribution in [0, 0.1) is 10.8 Å². The Kier molecular flexibility index (Phi) is 8.92. The molecule has 5 heterocycles. The van der Waals surface area contributed by atoms with E-state index in [1.807, 2.05) is 18.2 Å². The maximum absolute atomic E-state index is 13.3. The Morgan fingerprint density at radius 2 is 1.44 bits per heavy atom. The van der Waals surface area contributed by atoms with E-state index in [-0.39, 0.29) is 41.5 Å². The van der Waals surface area contributed by atoms with Crippen LogP contribution < -0.4 is 20.4 Å². The molecule has 13 nitrogen and oxygen atoms in total.